The zero-order valence-electron chi connectivity index (χ0n) is 12.3. The second-order valence-electron chi connectivity index (χ2n) is 5.61. The molecule has 122 valence electrons. The highest BCUT2D eigenvalue weighted by Gasteiger charge is 2.43. The van der Waals surface area contributed by atoms with E-state index >= 15 is 0 Å². The smallest absolute Gasteiger partial charge is 0.404 e. The molecule has 3 rings (SSSR count). The van der Waals surface area contributed by atoms with Crippen molar-refractivity contribution in [3.63, 3.8) is 0 Å². The monoisotopic (exact) mass is 320 g/mol. The fraction of sp³-hybridized carbons (Fsp3) is 0.357. The summed E-state index contributed by atoms with van der Waals surface area (Å²) in [6.45, 7) is 1.28. The Labute approximate surface area is 130 Å². The van der Waals surface area contributed by atoms with Crippen LogP contribution in [-0.4, -0.2) is 33.4 Å². The lowest BCUT2D eigenvalue weighted by molar-refractivity contribution is 0.0964. The predicted octanol–water partition coefficient (Wildman–Crippen LogP) is -0.931. The van der Waals surface area contributed by atoms with Crippen LogP contribution in [0.4, 0.5) is 4.79 Å². The third-order valence-electron chi connectivity index (χ3n) is 4.28. The molecule has 1 aliphatic carbocycles. The maximum Gasteiger partial charge on any atom is 0.404 e. The number of aliphatic hydroxyl groups is 1. The number of primary amides is 1. The van der Waals surface area contributed by atoms with E-state index in [0.29, 0.717) is 0 Å². The molecule has 2 atom stereocenters. The van der Waals surface area contributed by atoms with E-state index < -0.39 is 29.8 Å². The summed E-state index contributed by atoms with van der Waals surface area (Å²) >= 11 is 0. The van der Waals surface area contributed by atoms with Crippen LogP contribution >= 0.6 is 0 Å². The third-order valence-corrected chi connectivity index (χ3v) is 4.28. The SMILES string of the molecule is CC1=C(N)C(=O)c2c(COC(N)=O)c3n(c2C1=O)C[C@H](N)[C@H]3O. The largest absolute Gasteiger partial charge is 0.445 e. The minimum absolute atomic E-state index is 0.0419. The molecule has 0 saturated heterocycles. The predicted molar refractivity (Wildman–Crippen MR) is 77.3 cm³/mol. The van der Waals surface area contributed by atoms with Crippen LogP contribution in [0, 0.1) is 0 Å². The average molecular weight is 320 g/mol. The number of ketones is 2. The van der Waals surface area contributed by atoms with Gasteiger partial charge in [0.25, 0.3) is 0 Å². The maximum absolute atomic E-state index is 12.5. The van der Waals surface area contributed by atoms with Gasteiger partial charge in [-0.05, 0) is 6.92 Å². The van der Waals surface area contributed by atoms with Crippen LogP contribution in [0.15, 0.2) is 11.3 Å². The zero-order valence-corrected chi connectivity index (χ0v) is 12.3. The Bertz CT molecular complexity index is 792. The summed E-state index contributed by atoms with van der Waals surface area (Å²) in [4.78, 5) is 35.9. The molecule has 0 unspecified atom stereocenters. The van der Waals surface area contributed by atoms with Crippen molar-refractivity contribution in [2.75, 3.05) is 0 Å². The summed E-state index contributed by atoms with van der Waals surface area (Å²) in [5.74, 6) is -0.951. The molecule has 1 aliphatic heterocycles. The molecule has 2 heterocycles. The standard InChI is InChI=1S/C14H16N4O5/c1-4-8(16)13(21)7-5(3-23-14(17)22)9-12(20)6(15)2-18(9)10(7)11(4)19/h6,12,20H,2-3,15-16H2,1H3,(H2,17,22)/t6-,12+/m0/s1. The van der Waals surface area contributed by atoms with Crippen molar-refractivity contribution < 1.29 is 24.2 Å². The van der Waals surface area contributed by atoms with Crippen molar-refractivity contribution >= 4 is 17.7 Å². The molecule has 0 radical (unpaired) electrons. The van der Waals surface area contributed by atoms with Gasteiger partial charge in [-0.3, -0.25) is 9.59 Å². The molecule has 1 amide bonds. The molecule has 0 aromatic carbocycles. The van der Waals surface area contributed by atoms with E-state index in [1.807, 2.05) is 0 Å². The van der Waals surface area contributed by atoms with Crippen molar-refractivity contribution in [3.05, 3.63) is 33.8 Å². The number of aliphatic hydroxyl groups excluding tert-OH is 1. The highest BCUT2D eigenvalue weighted by molar-refractivity contribution is 6.26. The molecular formula is C14H16N4O5. The molecule has 0 fully saturated rings. The molecule has 1 aromatic heterocycles. The van der Waals surface area contributed by atoms with E-state index in [4.69, 9.17) is 21.9 Å². The number of Topliss-reactive ketones (excluding diaryl/α,β-unsaturated/α-hetero) is 2. The minimum Gasteiger partial charge on any atom is -0.445 e. The highest BCUT2D eigenvalue weighted by Crippen LogP contribution is 2.39. The normalized spacial score (nSPS) is 23.1. The van der Waals surface area contributed by atoms with Crippen molar-refractivity contribution in [2.45, 2.75) is 32.2 Å². The number of carbonyl (C=O) groups is 3. The number of hydrogen-bond acceptors (Lipinski definition) is 7. The van der Waals surface area contributed by atoms with Gasteiger partial charge in [0.1, 0.15) is 18.4 Å². The Morgan fingerprint density at radius 2 is 2.04 bits per heavy atom. The van der Waals surface area contributed by atoms with E-state index in [2.05, 4.69) is 0 Å². The lowest BCUT2D eigenvalue weighted by Crippen LogP contribution is -2.30. The van der Waals surface area contributed by atoms with Crippen molar-refractivity contribution in [2.24, 2.45) is 17.2 Å². The van der Waals surface area contributed by atoms with Crippen molar-refractivity contribution in [1.82, 2.24) is 4.57 Å². The van der Waals surface area contributed by atoms with Gasteiger partial charge < -0.3 is 31.6 Å². The summed E-state index contributed by atoms with van der Waals surface area (Å²) in [7, 11) is 0. The van der Waals surface area contributed by atoms with Crippen LogP contribution in [0.1, 0.15) is 45.1 Å². The van der Waals surface area contributed by atoms with Crippen LogP contribution in [0.25, 0.3) is 0 Å². The molecule has 0 bridgehead atoms. The molecule has 9 nitrogen and oxygen atoms in total. The fourth-order valence-electron chi connectivity index (χ4n) is 3.11. The Morgan fingerprint density at radius 3 is 2.65 bits per heavy atom. The number of nitrogens with zero attached hydrogens (tertiary/aromatic N) is 1. The first-order chi connectivity index (χ1) is 10.8. The van der Waals surface area contributed by atoms with Gasteiger partial charge in [0, 0.05) is 17.7 Å². The topological polar surface area (TPSA) is 164 Å². The zero-order chi connectivity index (χ0) is 17.0. The summed E-state index contributed by atoms with van der Waals surface area (Å²) in [6, 6.07) is -0.630. The van der Waals surface area contributed by atoms with E-state index in [9.17, 15) is 19.5 Å². The number of ether oxygens (including phenoxy) is 1. The Kier molecular flexibility index (Phi) is 3.27. The van der Waals surface area contributed by atoms with Gasteiger partial charge in [-0.2, -0.15) is 0 Å². The molecule has 0 spiro atoms. The van der Waals surface area contributed by atoms with Crippen molar-refractivity contribution in [3.8, 4) is 0 Å². The van der Waals surface area contributed by atoms with Gasteiger partial charge in [0.15, 0.2) is 0 Å². The number of fused-ring (bicyclic) bond motifs is 3. The van der Waals surface area contributed by atoms with E-state index in [1.54, 1.807) is 0 Å². The number of carbonyl (C=O) groups excluding carboxylic acids is 3. The maximum atomic E-state index is 12.5. The number of allylic oxidation sites excluding steroid dienone is 2. The van der Waals surface area contributed by atoms with Crippen LogP contribution < -0.4 is 17.2 Å². The Balaban J connectivity index is 2.25. The second kappa shape index (κ2) is 4.93. The van der Waals surface area contributed by atoms with E-state index in [1.165, 1.54) is 11.5 Å². The van der Waals surface area contributed by atoms with Crippen molar-refractivity contribution in [1.29, 1.82) is 0 Å². The van der Waals surface area contributed by atoms with Gasteiger partial charge >= 0.3 is 6.09 Å². The first kappa shape index (κ1) is 15.3. The lowest BCUT2D eigenvalue weighted by Gasteiger charge is -2.17. The average Bonchev–Trinajstić information content (AvgIpc) is 2.96. The summed E-state index contributed by atoms with van der Waals surface area (Å²) in [5, 5.41) is 10.3. The molecular weight excluding hydrogens is 304 g/mol. The van der Waals surface area contributed by atoms with Crippen LogP contribution in [0.5, 0.6) is 0 Å². The highest BCUT2D eigenvalue weighted by atomic mass is 16.5. The van der Waals surface area contributed by atoms with Gasteiger partial charge in [0.05, 0.1) is 23.0 Å². The molecule has 0 saturated carbocycles. The van der Waals surface area contributed by atoms with Gasteiger partial charge in [0.2, 0.25) is 11.6 Å². The van der Waals surface area contributed by atoms with Gasteiger partial charge in [-0.15, -0.1) is 0 Å². The van der Waals surface area contributed by atoms with Crippen LogP contribution in [0.2, 0.25) is 0 Å². The Hall–Kier alpha value is -2.65. The molecule has 23 heavy (non-hydrogen) atoms. The number of rotatable bonds is 2. The molecule has 2 aliphatic rings. The third kappa shape index (κ3) is 1.97. The molecule has 9 heteroatoms. The van der Waals surface area contributed by atoms with Crippen LogP contribution in [0.3, 0.4) is 0 Å². The van der Waals surface area contributed by atoms with Gasteiger partial charge in [-0.25, -0.2) is 4.79 Å². The summed E-state index contributed by atoms with van der Waals surface area (Å²) < 4.78 is 6.26. The Morgan fingerprint density at radius 1 is 1.39 bits per heavy atom. The first-order valence-electron chi connectivity index (χ1n) is 6.92. The number of amides is 1. The number of aromatic nitrogens is 1. The number of nitrogens with two attached hydrogens (primary N) is 3. The van der Waals surface area contributed by atoms with E-state index in [0.717, 1.165) is 0 Å². The second-order valence-corrected chi connectivity index (χ2v) is 5.61. The minimum atomic E-state index is -1.09. The fourth-order valence-corrected chi connectivity index (χ4v) is 3.11. The van der Waals surface area contributed by atoms with Gasteiger partial charge in [-0.1, -0.05) is 0 Å². The first-order valence-corrected chi connectivity index (χ1v) is 6.92. The molecule has 7 N–H and O–H groups in total. The number of hydrogen-bond donors (Lipinski definition) is 4. The molecule has 1 aromatic rings. The summed E-state index contributed by atoms with van der Waals surface area (Å²) in [5.41, 5.74) is 17.2. The quantitative estimate of drug-likeness (QED) is 0.546. The van der Waals surface area contributed by atoms with E-state index in [-0.39, 0.29) is 46.9 Å². The summed E-state index contributed by atoms with van der Waals surface area (Å²) in [6.07, 6.45) is -2.13. The lowest BCUT2D eigenvalue weighted by atomic mass is 9.89. The van der Waals surface area contributed by atoms with Crippen LogP contribution in [-0.2, 0) is 17.9 Å².